The Bertz CT molecular complexity index is 1620. The summed E-state index contributed by atoms with van der Waals surface area (Å²) in [4.78, 5) is 40.7. The van der Waals surface area contributed by atoms with Gasteiger partial charge in [-0.2, -0.15) is 0 Å². The topological polar surface area (TPSA) is 96.5 Å². The fourth-order valence-corrected chi connectivity index (χ4v) is 7.80. The van der Waals surface area contributed by atoms with E-state index >= 15 is 4.39 Å². The Morgan fingerprint density at radius 3 is 2.52 bits per heavy atom. The highest BCUT2D eigenvalue weighted by Crippen LogP contribution is 2.62. The van der Waals surface area contributed by atoms with E-state index in [-0.39, 0.29) is 22.3 Å². The zero-order valence-corrected chi connectivity index (χ0v) is 24.7. The van der Waals surface area contributed by atoms with Gasteiger partial charge < -0.3 is 15.4 Å². The first-order chi connectivity index (χ1) is 20.1. The zero-order valence-electron chi connectivity index (χ0n) is 23.2. The first-order valence-electron chi connectivity index (χ1n) is 14.0. The fourth-order valence-electron chi connectivity index (χ4n) is 7.44. The average molecular weight is 611 g/mol. The second-order valence-corrected chi connectivity index (χ2v) is 12.1. The average Bonchev–Trinajstić information content (AvgIpc) is 3.42. The van der Waals surface area contributed by atoms with Crippen LogP contribution < -0.4 is 20.7 Å². The minimum absolute atomic E-state index is 0.0948. The van der Waals surface area contributed by atoms with Crippen molar-refractivity contribution < 1.29 is 23.5 Å². The van der Waals surface area contributed by atoms with E-state index in [2.05, 4.69) is 16.0 Å². The number of benzene rings is 3. The lowest BCUT2D eigenvalue weighted by atomic mass is 9.55. The summed E-state index contributed by atoms with van der Waals surface area (Å²) in [5.41, 5.74) is 0.00192. The molecule has 3 aromatic rings. The molecule has 1 aliphatic carbocycles. The van der Waals surface area contributed by atoms with Gasteiger partial charge in [0.25, 0.3) is 0 Å². The lowest BCUT2D eigenvalue weighted by Crippen LogP contribution is -2.60. The Morgan fingerprint density at radius 2 is 1.81 bits per heavy atom. The fraction of sp³-hybridized carbons (Fsp3) is 0.344. The van der Waals surface area contributed by atoms with Crippen LogP contribution in [0.1, 0.15) is 66.4 Å². The highest BCUT2D eigenvalue weighted by Gasteiger charge is 2.72. The van der Waals surface area contributed by atoms with E-state index in [0.29, 0.717) is 46.1 Å². The largest absolute Gasteiger partial charge is 0.495 e. The van der Waals surface area contributed by atoms with E-state index in [1.807, 2.05) is 6.07 Å². The molecule has 3 aliphatic rings. The van der Waals surface area contributed by atoms with E-state index in [0.717, 1.165) is 19.3 Å². The molecule has 0 unspecified atom stereocenters. The summed E-state index contributed by atoms with van der Waals surface area (Å²) < 4.78 is 21.5. The van der Waals surface area contributed by atoms with E-state index in [9.17, 15) is 14.4 Å². The number of rotatable bonds is 5. The number of ether oxygens (including phenoxy) is 1. The monoisotopic (exact) mass is 609 g/mol. The van der Waals surface area contributed by atoms with Gasteiger partial charge in [0.05, 0.1) is 23.9 Å². The zero-order chi connectivity index (χ0) is 29.8. The van der Waals surface area contributed by atoms with E-state index in [1.54, 1.807) is 42.5 Å². The van der Waals surface area contributed by atoms with Crippen LogP contribution in [-0.4, -0.2) is 36.3 Å². The molecule has 42 heavy (non-hydrogen) atoms. The third-order valence-electron chi connectivity index (χ3n) is 9.17. The van der Waals surface area contributed by atoms with Gasteiger partial charge in [-0.3, -0.25) is 19.7 Å². The summed E-state index contributed by atoms with van der Waals surface area (Å²) in [5, 5.41) is 9.91. The SMILES string of the molecule is COc1cc(C(C)=O)ccc1NC(=O)[C@@H]1NC2(CCCCC2)[C@@]2(C(=O)Nc3cc(Cl)ccc32)[C@H]1c1cccc(Cl)c1F. The van der Waals surface area contributed by atoms with Crippen LogP contribution in [0.2, 0.25) is 10.0 Å². The van der Waals surface area contributed by atoms with Crippen molar-refractivity contribution in [1.29, 1.82) is 0 Å². The summed E-state index contributed by atoms with van der Waals surface area (Å²) in [6, 6.07) is 13.6. The predicted molar refractivity (Wildman–Crippen MR) is 160 cm³/mol. The Hall–Kier alpha value is -3.46. The standard InChI is InChI=1S/C32H30Cl2FN3O4/c1-17(39)18-9-12-23(25(15-18)42-2)36-29(40)28-26(20-7-6-8-22(34)27(20)35)32(31(38-28)13-4-3-5-14-31)21-11-10-19(33)16-24(21)37-30(32)41/h6-12,15-16,26,28,38H,3-5,13-14H2,1-2H3,(H,36,40)(H,37,41)/t26-,28+,32+/m0/s1. The van der Waals surface area contributed by atoms with Gasteiger partial charge in [0.2, 0.25) is 11.8 Å². The normalized spacial score (nSPS) is 24.0. The second kappa shape index (κ2) is 10.7. The molecule has 2 aliphatic heterocycles. The third-order valence-corrected chi connectivity index (χ3v) is 9.70. The van der Waals surface area contributed by atoms with Gasteiger partial charge in [0.15, 0.2) is 5.78 Å². The molecule has 0 aromatic heterocycles. The molecule has 2 heterocycles. The van der Waals surface area contributed by atoms with Crippen LogP contribution in [-0.2, 0) is 15.0 Å². The first-order valence-corrected chi connectivity index (χ1v) is 14.7. The lowest BCUT2D eigenvalue weighted by Gasteiger charge is -2.47. The van der Waals surface area contributed by atoms with Crippen molar-refractivity contribution in [1.82, 2.24) is 5.32 Å². The van der Waals surface area contributed by atoms with Gasteiger partial charge in [-0.05, 0) is 67.3 Å². The first kappa shape index (κ1) is 28.6. The molecule has 3 N–H and O–H groups in total. The Labute approximate surface area is 253 Å². The maximum atomic E-state index is 16.0. The minimum Gasteiger partial charge on any atom is -0.495 e. The number of Topliss-reactive ketones (excluding diaryl/α,β-unsaturated/α-hetero) is 1. The van der Waals surface area contributed by atoms with Crippen molar-refractivity contribution in [2.24, 2.45) is 0 Å². The van der Waals surface area contributed by atoms with E-state index < -0.39 is 34.6 Å². The molecule has 2 fully saturated rings. The number of hydrogen-bond acceptors (Lipinski definition) is 5. The summed E-state index contributed by atoms with van der Waals surface area (Å²) >= 11 is 12.6. The van der Waals surface area contributed by atoms with Crippen LogP contribution in [0, 0.1) is 5.82 Å². The number of fused-ring (bicyclic) bond motifs is 3. The maximum Gasteiger partial charge on any atom is 0.242 e. The van der Waals surface area contributed by atoms with Crippen LogP contribution >= 0.6 is 23.2 Å². The molecule has 2 amide bonds. The summed E-state index contributed by atoms with van der Waals surface area (Å²) in [7, 11) is 1.45. The Morgan fingerprint density at radius 1 is 1.05 bits per heavy atom. The van der Waals surface area contributed by atoms with Gasteiger partial charge in [0.1, 0.15) is 17.0 Å². The molecule has 1 saturated heterocycles. The van der Waals surface area contributed by atoms with Crippen LogP contribution in [0.15, 0.2) is 54.6 Å². The van der Waals surface area contributed by atoms with Crippen LogP contribution in [0.25, 0.3) is 0 Å². The lowest BCUT2D eigenvalue weighted by molar-refractivity contribution is -0.124. The predicted octanol–water partition coefficient (Wildman–Crippen LogP) is 6.63. The molecule has 10 heteroatoms. The second-order valence-electron chi connectivity index (χ2n) is 11.3. The molecule has 2 spiro atoms. The van der Waals surface area contributed by atoms with Gasteiger partial charge in [0, 0.05) is 27.7 Å². The van der Waals surface area contributed by atoms with Crippen molar-refractivity contribution >= 4 is 52.2 Å². The Balaban J connectivity index is 1.55. The quantitative estimate of drug-likeness (QED) is 0.282. The molecule has 7 nitrogen and oxygen atoms in total. The van der Waals surface area contributed by atoms with Gasteiger partial charge in [-0.15, -0.1) is 0 Å². The number of methoxy groups -OCH3 is 1. The molecule has 6 rings (SSSR count). The van der Waals surface area contributed by atoms with Crippen molar-refractivity contribution in [2.45, 2.75) is 61.9 Å². The van der Waals surface area contributed by atoms with Gasteiger partial charge >= 0.3 is 0 Å². The number of halogens is 3. The van der Waals surface area contributed by atoms with Crippen molar-refractivity contribution in [3.05, 3.63) is 87.2 Å². The summed E-state index contributed by atoms with van der Waals surface area (Å²) in [5.74, 6) is -2.25. The van der Waals surface area contributed by atoms with Crippen molar-refractivity contribution in [3.63, 3.8) is 0 Å². The molecule has 3 aromatic carbocycles. The van der Waals surface area contributed by atoms with Crippen molar-refractivity contribution in [3.8, 4) is 5.75 Å². The molecular weight excluding hydrogens is 580 g/mol. The number of carbonyl (C=O) groups is 3. The maximum absolute atomic E-state index is 16.0. The minimum atomic E-state index is -1.33. The smallest absolute Gasteiger partial charge is 0.242 e. The number of carbonyl (C=O) groups excluding carboxylic acids is 3. The number of anilines is 2. The molecular formula is C32H30Cl2FN3O4. The molecule has 3 atom stereocenters. The van der Waals surface area contributed by atoms with Crippen LogP contribution in [0.5, 0.6) is 5.75 Å². The number of ketones is 1. The highest BCUT2D eigenvalue weighted by atomic mass is 35.5. The molecule has 0 radical (unpaired) electrons. The summed E-state index contributed by atoms with van der Waals surface area (Å²) in [6.45, 7) is 1.44. The Kier molecular flexibility index (Phi) is 7.28. The van der Waals surface area contributed by atoms with E-state index in [1.165, 1.54) is 20.1 Å². The molecule has 1 saturated carbocycles. The van der Waals surface area contributed by atoms with Gasteiger partial charge in [-0.25, -0.2) is 4.39 Å². The third kappa shape index (κ3) is 4.22. The number of nitrogens with one attached hydrogen (secondary N) is 3. The van der Waals surface area contributed by atoms with E-state index in [4.69, 9.17) is 27.9 Å². The molecule has 0 bridgehead atoms. The summed E-state index contributed by atoms with van der Waals surface area (Å²) in [6.07, 6.45) is 3.89. The molecule has 218 valence electrons. The van der Waals surface area contributed by atoms with Crippen molar-refractivity contribution in [2.75, 3.05) is 17.7 Å². The number of amides is 2. The number of hydrogen-bond donors (Lipinski definition) is 3. The van der Waals surface area contributed by atoms with Crippen LogP contribution in [0.3, 0.4) is 0 Å². The van der Waals surface area contributed by atoms with Gasteiger partial charge in [-0.1, -0.05) is 60.7 Å². The highest BCUT2D eigenvalue weighted by molar-refractivity contribution is 6.31. The van der Waals surface area contributed by atoms with Crippen LogP contribution in [0.4, 0.5) is 15.8 Å².